The summed E-state index contributed by atoms with van der Waals surface area (Å²) in [6.07, 6.45) is 16.0. The summed E-state index contributed by atoms with van der Waals surface area (Å²) in [5.74, 6) is 3.75. The first-order valence-electron chi connectivity index (χ1n) is 17.9. The van der Waals surface area contributed by atoms with E-state index >= 15 is 0 Å². The molecule has 258 valence electrons. The third-order valence-corrected chi connectivity index (χ3v) is 13.9. The average Bonchev–Trinajstić information content (AvgIpc) is 3.29. The fraction of sp³-hybridized carbons (Fsp3) is 0.886. The van der Waals surface area contributed by atoms with E-state index in [9.17, 15) is 14.3 Å². The number of nitrogens with one attached hydrogen (secondary N) is 2. The second-order valence-corrected chi connectivity index (χ2v) is 18.3. The monoisotopic (exact) mass is 649 g/mol. The van der Waals surface area contributed by atoms with Crippen LogP contribution >= 0.6 is 7.52 Å². The van der Waals surface area contributed by atoms with Crippen LogP contribution in [0, 0.1) is 51.7 Å². The van der Waals surface area contributed by atoms with Crippen molar-refractivity contribution in [1.29, 1.82) is 5.41 Å². The summed E-state index contributed by atoms with van der Waals surface area (Å²) < 4.78 is 18.7. The number of esters is 1. The van der Waals surface area contributed by atoms with E-state index in [1.807, 2.05) is 0 Å². The van der Waals surface area contributed by atoms with Gasteiger partial charge in [0.05, 0.1) is 6.16 Å². The maximum atomic E-state index is 13.2. The molecule has 0 aromatic carbocycles. The van der Waals surface area contributed by atoms with Crippen molar-refractivity contribution in [2.75, 3.05) is 12.7 Å². The molecule has 0 spiro atoms. The molecule has 0 aliphatic heterocycles. The highest BCUT2D eigenvalue weighted by Gasteiger charge is 2.61. The number of carbonyl (C=O) groups excluding carboxylic acids is 1. The smallest absolute Gasteiger partial charge is 0.323 e. The van der Waals surface area contributed by atoms with E-state index in [4.69, 9.17) is 27.1 Å². The van der Waals surface area contributed by atoms with Crippen LogP contribution in [0.25, 0.3) is 0 Å². The molecule has 2 unspecified atom stereocenters. The van der Waals surface area contributed by atoms with Crippen molar-refractivity contribution in [2.45, 2.75) is 136 Å². The summed E-state index contributed by atoms with van der Waals surface area (Å²) in [4.78, 5) is 23.6. The van der Waals surface area contributed by atoms with Crippen molar-refractivity contribution in [3.05, 3.63) is 11.6 Å². The highest BCUT2D eigenvalue weighted by atomic mass is 31.2. The van der Waals surface area contributed by atoms with E-state index in [1.54, 1.807) is 0 Å². The maximum Gasteiger partial charge on any atom is 0.323 e. The minimum atomic E-state index is -3.96. The standard InChI is InChI=1S/C35H64N5O4P/c1-23(2)9-8-10-24(3)27-14-15-28-26-13-12-25-21-35(22-45(39,42)43,19-18-33(25,4)29(26)16-17-34(27,28)5)44-31(41)30(36)11-6-7-20-40-32(37)38/h12,23-24,26-30H,6-11,13-22,36H2,1-5H3,(H4,37,38,40)(H3,39,42,43)/t24-,26+,27-,28+,29+,30+,33+,34-,35?/m1/s1. The van der Waals surface area contributed by atoms with Crippen LogP contribution in [0.3, 0.4) is 0 Å². The van der Waals surface area contributed by atoms with Crippen LogP contribution in [-0.4, -0.2) is 41.2 Å². The number of nitrogens with two attached hydrogens (primary N) is 3. The number of ether oxygens (including phenoxy) is 1. The molecule has 9 nitrogen and oxygen atoms in total. The van der Waals surface area contributed by atoms with E-state index in [1.165, 1.54) is 50.5 Å². The Labute approximate surface area is 272 Å². The SMILES string of the molecule is CC(C)CCC[C@@H](C)[C@H]1CC[C@H]2[C@@H]3CC=C4CC(CP(N)(=O)O)(OC(=O)[C@@H](N)CCCCNC(=N)N)CC[C@]4(C)[C@H]3CC[C@]12C. The summed E-state index contributed by atoms with van der Waals surface area (Å²) in [6, 6.07) is -0.827. The van der Waals surface area contributed by atoms with Gasteiger partial charge in [0, 0.05) is 13.0 Å². The Hall–Kier alpha value is -1.41. The zero-order chi connectivity index (χ0) is 33.2. The van der Waals surface area contributed by atoms with Gasteiger partial charge in [0.2, 0.25) is 0 Å². The number of carbonyl (C=O) groups is 1. The fourth-order valence-corrected chi connectivity index (χ4v) is 11.7. The van der Waals surface area contributed by atoms with Crippen LogP contribution in [0.4, 0.5) is 0 Å². The van der Waals surface area contributed by atoms with Crippen LogP contribution in [-0.2, 0) is 14.1 Å². The van der Waals surface area contributed by atoms with Crippen molar-refractivity contribution in [2.24, 2.45) is 63.3 Å². The molecule has 4 rings (SSSR count). The number of fused-ring (bicyclic) bond motifs is 5. The molecule has 4 aliphatic carbocycles. The van der Waals surface area contributed by atoms with Crippen LogP contribution in [0.1, 0.15) is 125 Å². The highest BCUT2D eigenvalue weighted by Crippen LogP contribution is 2.68. The molecule has 0 aromatic rings. The predicted octanol–water partition coefficient (Wildman–Crippen LogP) is 6.43. The number of hydrogen-bond donors (Lipinski definition) is 6. The second-order valence-electron chi connectivity index (χ2n) is 16.4. The van der Waals surface area contributed by atoms with Gasteiger partial charge >= 0.3 is 5.97 Å². The average molecular weight is 650 g/mol. The minimum Gasteiger partial charge on any atom is -0.457 e. The van der Waals surface area contributed by atoms with Gasteiger partial charge in [-0.25, -0.2) is 0 Å². The molecule has 3 fully saturated rings. The summed E-state index contributed by atoms with van der Waals surface area (Å²) in [7, 11) is -3.96. The molecular weight excluding hydrogens is 585 g/mol. The zero-order valence-electron chi connectivity index (χ0n) is 28.8. The molecule has 9 N–H and O–H groups in total. The molecule has 45 heavy (non-hydrogen) atoms. The molecule has 0 radical (unpaired) electrons. The highest BCUT2D eigenvalue weighted by molar-refractivity contribution is 7.55. The molecule has 10 atom stereocenters. The minimum absolute atomic E-state index is 0.000985. The first-order valence-corrected chi connectivity index (χ1v) is 19.8. The zero-order valence-corrected chi connectivity index (χ0v) is 29.7. The molecule has 3 saturated carbocycles. The number of guanidine groups is 1. The van der Waals surface area contributed by atoms with Gasteiger partial charge in [-0.3, -0.25) is 20.3 Å². The van der Waals surface area contributed by atoms with Gasteiger partial charge in [-0.1, -0.05) is 65.5 Å². The van der Waals surface area contributed by atoms with Gasteiger partial charge in [-0.05, 0) is 111 Å². The predicted molar refractivity (Wildman–Crippen MR) is 182 cm³/mol. The summed E-state index contributed by atoms with van der Waals surface area (Å²) in [6.45, 7) is 12.7. The van der Waals surface area contributed by atoms with E-state index in [2.05, 4.69) is 46.0 Å². The van der Waals surface area contributed by atoms with Crippen LogP contribution in [0.5, 0.6) is 0 Å². The number of rotatable bonds is 14. The lowest BCUT2D eigenvalue weighted by atomic mass is 9.46. The van der Waals surface area contributed by atoms with E-state index in [0.717, 1.165) is 36.5 Å². The third kappa shape index (κ3) is 8.36. The van der Waals surface area contributed by atoms with E-state index in [-0.39, 0.29) is 17.5 Å². The quantitative estimate of drug-likeness (QED) is 0.0311. The Bertz CT molecular complexity index is 1140. The molecule has 0 saturated heterocycles. The van der Waals surface area contributed by atoms with Crippen LogP contribution in [0.15, 0.2) is 11.6 Å². The Morgan fingerprint density at radius 3 is 2.49 bits per heavy atom. The van der Waals surface area contributed by atoms with Crippen molar-refractivity contribution < 1.29 is 19.0 Å². The lowest BCUT2D eigenvalue weighted by molar-refractivity contribution is -0.164. The Morgan fingerprint density at radius 1 is 1.09 bits per heavy atom. The van der Waals surface area contributed by atoms with Crippen molar-refractivity contribution >= 4 is 19.4 Å². The van der Waals surface area contributed by atoms with Crippen LogP contribution < -0.4 is 22.3 Å². The molecule has 0 heterocycles. The van der Waals surface area contributed by atoms with E-state index in [0.29, 0.717) is 55.9 Å². The number of unbranched alkanes of at least 4 members (excludes halogenated alkanes) is 1. The first kappa shape index (κ1) is 36.4. The molecule has 4 aliphatic rings. The molecule has 0 amide bonds. The maximum absolute atomic E-state index is 13.2. The molecular formula is C35H64N5O4P. The summed E-state index contributed by atoms with van der Waals surface area (Å²) in [5.41, 5.74) is 17.9. The van der Waals surface area contributed by atoms with Crippen molar-refractivity contribution in [1.82, 2.24) is 5.32 Å². The number of allylic oxidation sites excluding steroid dienone is 1. The summed E-state index contributed by atoms with van der Waals surface area (Å²) in [5, 5.41) is 10.0. The van der Waals surface area contributed by atoms with Crippen molar-refractivity contribution in [3.63, 3.8) is 0 Å². The van der Waals surface area contributed by atoms with Crippen LogP contribution in [0.2, 0.25) is 0 Å². The topological polar surface area (TPSA) is 178 Å². The van der Waals surface area contributed by atoms with E-state index < -0.39 is 25.1 Å². The molecule has 10 heteroatoms. The van der Waals surface area contributed by atoms with Gasteiger partial charge < -0.3 is 26.4 Å². The van der Waals surface area contributed by atoms with Gasteiger partial charge in [-0.2, -0.15) is 0 Å². The van der Waals surface area contributed by atoms with Gasteiger partial charge in [0.15, 0.2) is 5.96 Å². The van der Waals surface area contributed by atoms with Crippen molar-refractivity contribution in [3.8, 4) is 0 Å². The lowest BCUT2D eigenvalue weighted by Gasteiger charge is -2.59. The lowest BCUT2D eigenvalue weighted by Crippen LogP contribution is -2.54. The van der Waals surface area contributed by atoms with Gasteiger partial charge in [-0.15, -0.1) is 0 Å². The summed E-state index contributed by atoms with van der Waals surface area (Å²) >= 11 is 0. The Morgan fingerprint density at radius 2 is 1.82 bits per heavy atom. The largest absolute Gasteiger partial charge is 0.457 e. The third-order valence-electron chi connectivity index (χ3n) is 12.8. The fourth-order valence-electron chi connectivity index (χ4n) is 10.5. The Kier molecular flexibility index (Phi) is 11.6. The number of hydrogen-bond acceptors (Lipinski definition) is 5. The molecule has 0 aromatic heterocycles. The molecule has 0 bridgehead atoms. The second kappa shape index (κ2) is 14.4. The van der Waals surface area contributed by atoms with Gasteiger partial charge in [0.1, 0.15) is 11.6 Å². The first-order chi connectivity index (χ1) is 21.0. The normalized spacial score (nSPS) is 37.0. The Balaban J connectivity index is 1.45. The van der Waals surface area contributed by atoms with Gasteiger partial charge in [0.25, 0.3) is 7.52 Å².